The van der Waals surface area contributed by atoms with Crippen molar-refractivity contribution in [3.8, 4) is 0 Å². The van der Waals surface area contributed by atoms with Crippen LogP contribution < -0.4 is 5.73 Å². The number of nitrogens with two attached hydrogens (primary N) is 1. The Morgan fingerprint density at radius 1 is 1.44 bits per heavy atom. The highest BCUT2D eigenvalue weighted by Gasteiger charge is 2.01. The maximum absolute atomic E-state index is 5.85. The number of rotatable bonds is 4. The van der Waals surface area contributed by atoms with Crippen LogP contribution in [0, 0.1) is 0 Å². The van der Waals surface area contributed by atoms with Crippen molar-refractivity contribution in [3.63, 3.8) is 0 Å². The number of alkyl halides is 1. The molecule has 0 aliphatic rings. The average molecular weight is 150 g/mol. The van der Waals surface area contributed by atoms with E-state index in [2.05, 4.69) is 6.92 Å². The first-order valence-corrected chi connectivity index (χ1v) is 4.00. The summed E-state index contributed by atoms with van der Waals surface area (Å²) in [6.07, 6.45) is 3.14. The van der Waals surface area contributed by atoms with E-state index in [0.717, 1.165) is 19.3 Å². The van der Waals surface area contributed by atoms with Crippen LogP contribution in [0.25, 0.3) is 0 Å². The van der Waals surface area contributed by atoms with Gasteiger partial charge in [-0.25, -0.2) is 0 Å². The maximum atomic E-state index is 5.85. The van der Waals surface area contributed by atoms with Gasteiger partial charge in [-0.1, -0.05) is 6.92 Å². The Morgan fingerprint density at radius 3 is 2.33 bits per heavy atom. The molecule has 2 N–H and O–H groups in total. The Morgan fingerprint density at radius 2 is 2.00 bits per heavy atom. The highest BCUT2D eigenvalue weighted by molar-refractivity contribution is 6.20. The molecule has 2 heteroatoms. The van der Waals surface area contributed by atoms with E-state index in [9.17, 15) is 0 Å². The van der Waals surface area contributed by atoms with Gasteiger partial charge in [-0.05, 0) is 26.2 Å². The van der Waals surface area contributed by atoms with Gasteiger partial charge in [-0.3, -0.25) is 0 Å². The highest BCUT2D eigenvalue weighted by atomic mass is 35.5. The van der Waals surface area contributed by atoms with E-state index in [4.69, 9.17) is 17.3 Å². The lowest BCUT2D eigenvalue weighted by Gasteiger charge is -2.07. The van der Waals surface area contributed by atoms with E-state index < -0.39 is 0 Å². The Kier molecular flexibility index (Phi) is 5.21. The van der Waals surface area contributed by atoms with Crippen molar-refractivity contribution >= 4 is 11.6 Å². The molecule has 2 unspecified atom stereocenters. The summed E-state index contributed by atoms with van der Waals surface area (Å²) < 4.78 is 0. The van der Waals surface area contributed by atoms with Gasteiger partial charge in [-0.15, -0.1) is 11.6 Å². The topological polar surface area (TPSA) is 26.0 Å². The molecule has 0 amide bonds. The molecule has 0 aromatic carbocycles. The number of halogens is 1. The zero-order valence-corrected chi connectivity index (χ0v) is 6.99. The largest absolute Gasteiger partial charge is 0.328 e. The lowest BCUT2D eigenvalue weighted by molar-refractivity contribution is 0.597. The molecule has 0 saturated carbocycles. The first-order chi connectivity index (χ1) is 4.16. The summed E-state index contributed by atoms with van der Waals surface area (Å²) in [6.45, 7) is 4.11. The Hall–Kier alpha value is 0.250. The molecule has 0 aromatic rings. The summed E-state index contributed by atoms with van der Waals surface area (Å²) >= 11 is 5.85. The molecule has 0 saturated heterocycles. The van der Waals surface area contributed by atoms with Gasteiger partial charge in [0, 0.05) is 11.4 Å². The minimum atomic E-state index is 0.304. The van der Waals surface area contributed by atoms with Gasteiger partial charge >= 0.3 is 0 Å². The number of hydrogen-bond acceptors (Lipinski definition) is 1. The lowest BCUT2D eigenvalue weighted by Crippen LogP contribution is -2.16. The van der Waals surface area contributed by atoms with E-state index in [1.807, 2.05) is 6.92 Å². The Bertz CT molecular complexity index is 63.9. The predicted octanol–water partition coefficient (Wildman–Crippen LogP) is 2.13. The van der Waals surface area contributed by atoms with Crippen molar-refractivity contribution < 1.29 is 0 Å². The van der Waals surface area contributed by atoms with Crippen molar-refractivity contribution in [3.05, 3.63) is 0 Å². The summed E-state index contributed by atoms with van der Waals surface area (Å²) in [5, 5.41) is 0.330. The summed E-state index contributed by atoms with van der Waals surface area (Å²) in [4.78, 5) is 0. The van der Waals surface area contributed by atoms with Gasteiger partial charge in [0.05, 0.1) is 0 Å². The molecule has 0 aliphatic heterocycles. The quantitative estimate of drug-likeness (QED) is 0.609. The zero-order valence-electron chi connectivity index (χ0n) is 6.23. The first-order valence-electron chi connectivity index (χ1n) is 3.56. The van der Waals surface area contributed by atoms with Crippen LogP contribution in [0.5, 0.6) is 0 Å². The molecular weight excluding hydrogens is 134 g/mol. The smallest absolute Gasteiger partial charge is 0.0334 e. The van der Waals surface area contributed by atoms with Crippen LogP contribution in [0.15, 0.2) is 0 Å². The molecule has 0 radical (unpaired) electrons. The molecule has 0 fully saturated rings. The molecule has 0 rings (SSSR count). The van der Waals surface area contributed by atoms with Gasteiger partial charge in [0.25, 0.3) is 0 Å². The van der Waals surface area contributed by atoms with Crippen molar-refractivity contribution in [1.29, 1.82) is 0 Å². The molecule has 2 atom stereocenters. The maximum Gasteiger partial charge on any atom is 0.0334 e. The molecule has 56 valence electrons. The second-order valence-corrected chi connectivity index (χ2v) is 3.18. The van der Waals surface area contributed by atoms with Crippen LogP contribution >= 0.6 is 11.6 Å². The minimum absolute atomic E-state index is 0.304. The van der Waals surface area contributed by atoms with Crippen molar-refractivity contribution in [2.45, 2.75) is 44.5 Å². The fourth-order valence-electron chi connectivity index (χ4n) is 0.648. The highest BCUT2D eigenvalue weighted by Crippen LogP contribution is 2.09. The molecule has 9 heavy (non-hydrogen) atoms. The summed E-state index contributed by atoms with van der Waals surface area (Å²) in [5.41, 5.74) is 5.54. The minimum Gasteiger partial charge on any atom is -0.328 e. The molecular formula is C7H16ClN. The molecule has 0 bridgehead atoms. The predicted molar refractivity (Wildman–Crippen MR) is 42.8 cm³/mol. The van der Waals surface area contributed by atoms with E-state index in [0.29, 0.717) is 11.4 Å². The standard InChI is InChI=1S/C7H16ClN/c1-3-7(8)5-4-6(2)9/h6-7H,3-5,9H2,1-2H3. The molecule has 0 aromatic heterocycles. The Balaban J connectivity index is 3.06. The monoisotopic (exact) mass is 149 g/mol. The second-order valence-electron chi connectivity index (χ2n) is 2.56. The molecule has 1 nitrogen and oxygen atoms in total. The second kappa shape index (κ2) is 5.07. The third-order valence-corrected chi connectivity index (χ3v) is 1.91. The summed E-state index contributed by atoms with van der Waals surface area (Å²) in [6, 6.07) is 0.304. The summed E-state index contributed by atoms with van der Waals surface area (Å²) in [7, 11) is 0. The summed E-state index contributed by atoms with van der Waals surface area (Å²) in [5.74, 6) is 0. The molecule has 0 heterocycles. The van der Waals surface area contributed by atoms with Crippen LogP contribution in [0.1, 0.15) is 33.1 Å². The van der Waals surface area contributed by atoms with Crippen LogP contribution in [0.4, 0.5) is 0 Å². The van der Waals surface area contributed by atoms with Crippen LogP contribution in [0.2, 0.25) is 0 Å². The fourth-order valence-corrected chi connectivity index (χ4v) is 0.774. The van der Waals surface area contributed by atoms with Crippen LogP contribution in [0.3, 0.4) is 0 Å². The normalized spacial score (nSPS) is 17.3. The van der Waals surface area contributed by atoms with Crippen molar-refractivity contribution in [1.82, 2.24) is 0 Å². The third kappa shape index (κ3) is 6.13. The van der Waals surface area contributed by atoms with E-state index >= 15 is 0 Å². The van der Waals surface area contributed by atoms with Crippen molar-refractivity contribution in [2.75, 3.05) is 0 Å². The lowest BCUT2D eigenvalue weighted by atomic mass is 10.1. The van der Waals surface area contributed by atoms with Crippen LogP contribution in [-0.2, 0) is 0 Å². The SMILES string of the molecule is CCC(Cl)CCC(C)N. The van der Waals surface area contributed by atoms with E-state index in [-0.39, 0.29) is 0 Å². The van der Waals surface area contributed by atoms with Gasteiger partial charge in [0.2, 0.25) is 0 Å². The van der Waals surface area contributed by atoms with E-state index in [1.165, 1.54) is 0 Å². The Labute approximate surface area is 62.6 Å². The number of hydrogen-bond donors (Lipinski definition) is 1. The van der Waals surface area contributed by atoms with Crippen LogP contribution in [-0.4, -0.2) is 11.4 Å². The zero-order chi connectivity index (χ0) is 7.28. The molecule has 0 aliphatic carbocycles. The van der Waals surface area contributed by atoms with Gasteiger partial charge in [-0.2, -0.15) is 0 Å². The first kappa shape index (κ1) is 9.25. The molecule has 0 spiro atoms. The van der Waals surface area contributed by atoms with E-state index in [1.54, 1.807) is 0 Å². The van der Waals surface area contributed by atoms with Gasteiger partial charge in [0.15, 0.2) is 0 Å². The third-order valence-electron chi connectivity index (χ3n) is 1.38. The van der Waals surface area contributed by atoms with Gasteiger partial charge < -0.3 is 5.73 Å². The fraction of sp³-hybridized carbons (Fsp3) is 1.00. The van der Waals surface area contributed by atoms with Crippen molar-refractivity contribution in [2.24, 2.45) is 5.73 Å². The average Bonchev–Trinajstić information content (AvgIpc) is 1.83. The van der Waals surface area contributed by atoms with Gasteiger partial charge in [0.1, 0.15) is 0 Å².